The number of amides is 1. The zero-order valence-electron chi connectivity index (χ0n) is 15.9. The van der Waals surface area contributed by atoms with E-state index in [1.54, 1.807) is 12.1 Å². The van der Waals surface area contributed by atoms with Crippen molar-refractivity contribution in [2.75, 3.05) is 13.1 Å². The van der Waals surface area contributed by atoms with Crippen molar-refractivity contribution in [3.8, 4) is 11.6 Å². The molecule has 4 rings (SSSR count). The summed E-state index contributed by atoms with van der Waals surface area (Å²) >= 11 is 6.43. The van der Waals surface area contributed by atoms with Crippen LogP contribution in [-0.2, 0) is 6.54 Å². The van der Waals surface area contributed by atoms with E-state index < -0.39 is 5.91 Å². The molecular formula is C23H22ClN3O2. The lowest BCUT2D eigenvalue weighted by molar-refractivity contribution is 0.1000. The van der Waals surface area contributed by atoms with Crippen LogP contribution >= 0.6 is 11.6 Å². The third-order valence-electron chi connectivity index (χ3n) is 5.18. The Labute approximate surface area is 175 Å². The Morgan fingerprint density at radius 3 is 2.69 bits per heavy atom. The molecule has 2 N–H and O–H groups in total. The lowest BCUT2D eigenvalue weighted by Gasteiger charge is -2.17. The minimum atomic E-state index is -0.525. The third-order valence-corrected chi connectivity index (χ3v) is 5.48. The molecule has 2 heterocycles. The van der Waals surface area contributed by atoms with Crippen LogP contribution in [0.15, 0.2) is 66.9 Å². The second-order valence-corrected chi connectivity index (χ2v) is 7.65. The summed E-state index contributed by atoms with van der Waals surface area (Å²) < 4.78 is 5.73. The summed E-state index contributed by atoms with van der Waals surface area (Å²) in [5, 5.41) is 0.530. The first-order valence-electron chi connectivity index (χ1n) is 9.58. The first-order valence-corrected chi connectivity index (χ1v) is 9.96. The highest BCUT2D eigenvalue weighted by molar-refractivity contribution is 6.32. The van der Waals surface area contributed by atoms with Crippen molar-refractivity contribution < 1.29 is 9.53 Å². The van der Waals surface area contributed by atoms with Crippen molar-refractivity contribution in [3.05, 3.63) is 88.6 Å². The Morgan fingerprint density at radius 1 is 1.17 bits per heavy atom. The molecule has 0 saturated carbocycles. The van der Waals surface area contributed by atoms with E-state index >= 15 is 0 Å². The molecule has 0 bridgehead atoms. The van der Waals surface area contributed by atoms with E-state index in [0.29, 0.717) is 28.1 Å². The van der Waals surface area contributed by atoms with Gasteiger partial charge in [0.05, 0.1) is 10.6 Å². The maximum absolute atomic E-state index is 11.1. The highest BCUT2D eigenvalue weighted by Gasteiger charge is 2.23. The van der Waals surface area contributed by atoms with Crippen LogP contribution in [0.2, 0.25) is 5.02 Å². The summed E-state index contributed by atoms with van der Waals surface area (Å²) in [6.07, 6.45) is 2.56. The number of hydrogen-bond donors (Lipinski definition) is 1. The molecule has 0 radical (unpaired) electrons. The maximum Gasteiger partial charge on any atom is 0.250 e. The molecule has 5 nitrogen and oxygen atoms in total. The van der Waals surface area contributed by atoms with E-state index in [9.17, 15) is 4.79 Å². The summed E-state index contributed by atoms with van der Waals surface area (Å²) in [5.74, 6) is 0.944. The Morgan fingerprint density at radius 2 is 2.00 bits per heavy atom. The smallest absolute Gasteiger partial charge is 0.250 e. The molecule has 6 heteroatoms. The van der Waals surface area contributed by atoms with E-state index in [-0.39, 0.29) is 0 Å². The van der Waals surface area contributed by atoms with E-state index in [4.69, 9.17) is 22.1 Å². The predicted octanol–water partition coefficient (Wildman–Crippen LogP) is 4.62. The average Bonchev–Trinajstić information content (AvgIpc) is 3.19. The molecule has 1 unspecified atom stereocenters. The fourth-order valence-corrected chi connectivity index (χ4v) is 3.90. The number of hydrogen-bond acceptors (Lipinski definition) is 4. The summed E-state index contributed by atoms with van der Waals surface area (Å²) in [6.45, 7) is 2.98. The van der Waals surface area contributed by atoms with E-state index in [2.05, 4.69) is 40.2 Å². The topological polar surface area (TPSA) is 68.5 Å². The van der Waals surface area contributed by atoms with Crippen molar-refractivity contribution in [1.29, 1.82) is 0 Å². The number of carbonyl (C=O) groups is 1. The highest BCUT2D eigenvalue weighted by atomic mass is 35.5. The van der Waals surface area contributed by atoms with Crippen LogP contribution in [-0.4, -0.2) is 28.9 Å². The number of pyridine rings is 1. The van der Waals surface area contributed by atoms with Crippen molar-refractivity contribution in [3.63, 3.8) is 0 Å². The molecular weight excluding hydrogens is 386 g/mol. The monoisotopic (exact) mass is 407 g/mol. The minimum Gasteiger partial charge on any atom is -0.437 e. The van der Waals surface area contributed by atoms with Crippen LogP contribution in [0.1, 0.15) is 33.8 Å². The maximum atomic E-state index is 11.1. The first-order chi connectivity index (χ1) is 14.1. The van der Waals surface area contributed by atoms with Crippen LogP contribution in [0.25, 0.3) is 0 Å². The number of nitrogens with zero attached hydrogens (tertiary/aromatic N) is 2. The van der Waals surface area contributed by atoms with Gasteiger partial charge >= 0.3 is 0 Å². The fourth-order valence-electron chi connectivity index (χ4n) is 3.66. The van der Waals surface area contributed by atoms with Crippen molar-refractivity contribution in [2.45, 2.75) is 18.9 Å². The average molecular weight is 408 g/mol. The predicted molar refractivity (Wildman–Crippen MR) is 113 cm³/mol. The lowest BCUT2D eigenvalue weighted by Crippen LogP contribution is -2.19. The normalized spacial score (nSPS) is 16.7. The second kappa shape index (κ2) is 8.64. The van der Waals surface area contributed by atoms with Gasteiger partial charge in [0, 0.05) is 25.4 Å². The number of nitrogens with two attached hydrogens (primary N) is 1. The largest absolute Gasteiger partial charge is 0.437 e. The zero-order valence-corrected chi connectivity index (χ0v) is 16.7. The van der Waals surface area contributed by atoms with E-state index in [1.165, 1.54) is 18.2 Å². The molecule has 3 aromatic rings. The van der Waals surface area contributed by atoms with Gasteiger partial charge in [-0.3, -0.25) is 9.69 Å². The fraction of sp³-hybridized carbons (Fsp3) is 0.217. The van der Waals surface area contributed by atoms with Gasteiger partial charge in [-0.15, -0.1) is 0 Å². The number of ether oxygens (including phenoxy) is 1. The molecule has 1 fully saturated rings. The molecule has 1 aliphatic heterocycles. The highest BCUT2D eigenvalue weighted by Crippen LogP contribution is 2.32. The lowest BCUT2D eigenvalue weighted by atomic mass is 9.99. The van der Waals surface area contributed by atoms with Gasteiger partial charge in [-0.1, -0.05) is 48.0 Å². The number of aromatic nitrogens is 1. The number of primary amides is 1. The first kappa shape index (κ1) is 19.4. The quantitative estimate of drug-likeness (QED) is 0.647. The van der Waals surface area contributed by atoms with Gasteiger partial charge in [0.1, 0.15) is 5.75 Å². The van der Waals surface area contributed by atoms with Crippen LogP contribution in [0.4, 0.5) is 0 Å². The van der Waals surface area contributed by atoms with E-state index in [0.717, 1.165) is 25.2 Å². The molecule has 0 aliphatic carbocycles. The molecule has 1 amide bonds. The molecule has 1 aromatic heterocycles. The number of halogens is 1. The molecule has 2 aromatic carbocycles. The van der Waals surface area contributed by atoms with Crippen LogP contribution in [0, 0.1) is 0 Å². The number of carbonyl (C=O) groups excluding carboxylic acids is 1. The second-order valence-electron chi connectivity index (χ2n) is 7.25. The van der Waals surface area contributed by atoms with Gasteiger partial charge in [0.2, 0.25) is 11.8 Å². The summed E-state index contributed by atoms with van der Waals surface area (Å²) in [4.78, 5) is 17.7. The molecule has 1 atom stereocenters. The molecule has 1 aliphatic rings. The van der Waals surface area contributed by atoms with Gasteiger partial charge in [-0.2, -0.15) is 0 Å². The van der Waals surface area contributed by atoms with Gasteiger partial charge < -0.3 is 10.5 Å². The zero-order chi connectivity index (χ0) is 20.2. The summed E-state index contributed by atoms with van der Waals surface area (Å²) in [5.41, 5.74) is 8.11. The number of rotatable bonds is 6. The molecule has 29 heavy (non-hydrogen) atoms. The number of benzene rings is 2. The van der Waals surface area contributed by atoms with Gasteiger partial charge in [-0.25, -0.2) is 4.98 Å². The van der Waals surface area contributed by atoms with Crippen molar-refractivity contribution in [1.82, 2.24) is 9.88 Å². The van der Waals surface area contributed by atoms with Gasteiger partial charge in [0.15, 0.2) is 0 Å². The van der Waals surface area contributed by atoms with Crippen molar-refractivity contribution in [2.24, 2.45) is 5.73 Å². The molecule has 0 spiro atoms. The third kappa shape index (κ3) is 4.75. The standard InChI is InChI=1S/C23H22ClN3O2/c24-20-12-16(14-27-11-10-19(15-27)17-4-2-1-3-5-17)6-8-21(20)29-22-9-7-18(13-26-22)23(25)28/h1-9,12-13,19H,10-11,14-15H2,(H2,25,28). The summed E-state index contributed by atoms with van der Waals surface area (Å²) in [7, 11) is 0. The van der Waals surface area contributed by atoms with E-state index in [1.807, 2.05) is 18.2 Å². The Kier molecular flexibility index (Phi) is 5.79. The summed E-state index contributed by atoms with van der Waals surface area (Å²) in [6, 6.07) is 19.7. The number of likely N-dealkylation sites (tertiary alicyclic amines) is 1. The van der Waals surface area contributed by atoms with Crippen LogP contribution in [0.5, 0.6) is 11.6 Å². The Balaban J connectivity index is 1.38. The van der Waals surface area contributed by atoms with Gasteiger partial charge in [0.25, 0.3) is 0 Å². The van der Waals surface area contributed by atoms with Gasteiger partial charge in [-0.05, 0) is 48.2 Å². The SMILES string of the molecule is NC(=O)c1ccc(Oc2ccc(CN3CCC(c4ccccc4)C3)cc2Cl)nc1. The minimum absolute atomic E-state index is 0.332. The Bertz CT molecular complexity index is 993. The van der Waals surface area contributed by atoms with Crippen LogP contribution < -0.4 is 10.5 Å². The molecule has 1 saturated heterocycles. The van der Waals surface area contributed by atoms with Crippen molar-refractivity contribution >= 4 is 17.5 Å². The Hall–Kier alpha value is -2.89. The van der Waals surface area contributed by atoms with Crippen LogP contribution in [0.3, 0.4) is 0 Å². The molecule has 148 valence electrons.